The summed E-state index contributed by atoms with van der Waals surface area (Å²) < 4.78 is 5.79. The number of aromatic nitrogens is 3. The van der Waals surface area contributed by atoms with E-state index in [-0.39, 0.29) is 11.0 Å². The Morgan fingerprint density at radius 1 is 0.895 bits per heavy atom. The summed E-state index contributed by atoms with van der Waals surface area (Å²) >= 11 is 5.41. The SMILES string of the molecule is CCc1ccc(-n2nc3cc(C)c(NC(=S)NC(=O)c4ccc(OCc5ccccc5)cc4)cc3n2)cc1. The van der Waals surface area contributed by atoms with Crippen LogP contribution in [0.15, 0.2) is 91.0 Å². The van der Waals surface area contributed by atoms with Crippen LogP contribution in [0.4, 0.5) is 5.69 Å². The van der Waals surface area contributed by atoms with Crippen LogP contribution < -0.4 is 15.4 Å². The minimum absolute atomic E-state index is 0.199. The van der Waals surface area contributed by atoms with E-state index in [0.717, 1.165) is 40.0 Å². The van der Waals surface area contributed by atoms with Crippen molar-refractivity contribution in [3.63, 3.8) is 0 Å². The third kappa shape index (κ3) is 5.87. The second-order valence-corrected chi connectivity index (χ2v) is 9.28. The molecule has 1 heterocycles. The number of amides is 1. The molecule has 38 heavy (non-hydrogen) atoms. The molecule has 1 amide bonds. The molecule has 0 aliphatic heterocycles. The van der Waals surface area contributed by atoms with E-state index in [1.807, 2.05) is 61.5 Å². The lowest BCUT2D eigenvalue weighted by molar-refractivity contribution is 0.0977. The Morgan fingerprint density at radius 3 is 2.26 bits per heavy atom. The number of nitrogens with zero attached hydrogens (tertiary/aromatic N) is 3. The highest BCUT2D eigenvalue weighted by atomic mass is 32.1. The normalized spacial score (nSPS) is 10.8. The van der Waals surface area contributed by atoms with E-state index in [1.54, 1.807) is 29.1 Å². The van der Waals surface area contributed by atoms with Gasteiger partial charge in [-0.2, -0.15) is 4.80 Å². The fraction of sp³-hybridized carbons (Fsp3) is 0.133. The lowest BCUT2D eigenvalue weighted by atomic mass is 10.2. The molecule has 4 aromatic carbocycles. The van der Waals surface area contributed by atoms with Gasteiger partial charge in [-0.05, 0) is 90.8 Å². The van der Waals surface area contributed by atoms with Gasteiger partial charge < -0.3 is 10.1 Å². The van der Waals surface area contributed by atoms with Crippen LogP contribution in [0.3, 0.4) is 0 Å². The molecule has 0 aliphatic carbocycles. The van der Waals surface area contributed by atoms with E-state index in [1.165, 1.54) is 5.56 Å². The average Bonchev–Trinajstić information content (AvgIpc) is 3.35. The highest BCUT2D eigenvalue weighted by Gasteiger charge is 2.12. The Morgan fingerprint density at radius 2 is 1.58 bits per heavy atom. The number of hydrogen-bond acceptors (Lipinski definition) is 5. The fourth-order valence-electron chi connectivity index (χ4n) is 3.96. The summed E-state index contributed by atoms with van der Waals surface area (Å²) in [6, 6.07) is 28.9. The van der Waals surface area contributed by atoms with Crippen LogP contribution in [-0.2, 0) is 13.0 Å². The summed E-state index contributed by atoms with van der Waals surface area (Å²) in [4.78, 5) is 14.4. The van der Waals surface area contributed by atoms with E-state index in [2.05, 4.69) is 39.9 Å². The summed E-state index contributed by atoms with van der Waals surface area (Å²) in [6.07, 6.45) is 0.980. The lowest BCUT2D eigenvalue weighted by Gasteiger charge is -2.12. The van der Waals surface area contributed by atoms with Gasteiger partial charge in [-0.25, -0.2) is 0 Å². The predicted octanol–water partition coefficient (Wildman–Crippen LogP) is 6.00. The second-order valence-electron chi connectivity index (χ2n) is 8.87. The Hall–Kier alpha value is -4.56. The number of nitrogens with one attached hydrogen (secondary N) is 2. The van der Waals surface area contributed by atoms with Crippen LogP contribution in [0.2, 0.25) is 0 Å². The van der Waals surface area contributed by atoms with Gasteiger partial charge in [0.05, 0.1) is 5.69 Å². The predicted molar refractivity (Wildman–Crippen MR) is 154 cm³/mol. The molecule has 190 valence electrons. The molecule has 7 nitrogen and oxygen atoms in total. The van der Waals surface area contributed by atoms with Crippen molar-refractivity contribution in [2.45, 2.75) is 26.9 Å². The summed E-state index contributed by atoms with van der Waals surface area (Å²) in [7, 11) is 0. The van der Waals surface area contributed by atoms with Crippen molar-refractivity contribution in [3.05, 3.63) is 113 Å². The first-order valence-electron chi connectivity index (χ1n) is 12.3. The number of anilines is 1. The largest absolute Gasteiger partial charge is 0.489 e. The number of carbonyl (C=O) groups is 1. The van der Waals surface area contributed by atoms with E-state index in [9.17, 15) is 4.79 Å². The third-order valence-electron chi connectivity index (χ3n) is 6.14. The Balaban J connectivity index is 1.21. The number of fused-ring (bicyclic) bond motifs is 1. The van der Waals surface area contributed by atoms with Gasteiger partial charge in [-0.15, -0.1) is 10.2 Å². The van der Waals surface area contributed by atoms with Crippen LogP contribution in [-0.4, -0.2) is 26.0 Å². The number of carbonyl (C=O) groups excluding carboxylic acids is 1. The molecule has 0 spiro atoms. The zero-order valence-corrected chi connectivity index (χ0v) is 22.0. The van der Waals surface area contributed by atoms with Crippen LogP contribution in [0.1, 0.15) is 34.0 Å². The van der Waals surface area contributed by atoms with Gasteiger partial charge in [0.1, 0.15) is 23.4 Å². The minimum atomic E-state index is -0.308. The van der Waals surface area contributed by atoms with Crippen molar-refractivity contribution in [1.82, 2.24) is 20.3 Å². The number of benzene rings is 4. The van der Waals surface area contributed by atoms with Crippen molar-refractivity contribution in [3.8, 4) is 11.4 Å². The van der Waals surface area contributed by atoms with Crippen molar-refractivity contribution < 1.29 is 9.53 Å². The van der Waals surface area contributed by atoms with Gasteiger partial charge in [0.2, 0.25) is 0 Å². The summed E-state index contributed by atoms with van der Waals surface area (Å²) in [5.74, 6) is 0.377. The van der Waals surface area contributed by atoms with E-state index < -0.39 is 0 Å². The van der Waals surface area contributed by atoms with Crippen LogP contribution >= 0.6 is 12.2 Å². The van der Waals surface area contributed by atoms with Gasteiger partial charge in [0, 0.05) is 11.3 Å². The molecule has 1 aromatic heterocycles. The first-order valence-corrected chi connectivity index (χ1v) is 12.8. The molecular formula is C30H27N5O2S. The third-order valence-corrected chi connectivity index (χ3v) is 6.35. The minimum Gasteiger partial charge on any atom is -0.489 e. The summed E-state index contributed by atoms with van der Waals surface area (Å²) in [5, 5.41) is 15.3. The lowest BCUT2D eigenvalue weighted by Crippen LogP contribution is -2.34. The molecule has 0 fully saturated rings. The fourth-order valence-corrected chi connectivity index (χ4v) is 4.16. The molecule has 5 rings (SSSR count). The van der Waals surface area contributed by atoms with E-state index in [4.69, 9.17) is 17.0 Å². The quantitative estimate of drug-likeness (QED) is 0.256. The Kier molecular flexibility index (Phi) is 7.42. The smallest absolute Gasteiger partial charge is 0.257 e. The number of hydrogen-bond donors (Lipinski definition) is 2. The first-order chi connectivity index (χ1) is 18.5. The summed E-state index contributed by atoms with van der Waals surface area (Å²) in [5.41, 5.74) is 6.89. The maximum absolute atomic E-state index is 12.7. The van der Waals surface area contributed by atoms with Crippen LogP contribution in [0.5, 0.6) is 5.75 Å². The average molecular weight is 522 g/mol. The van der Waals surface area contributed by atoms with Crippen LogP contribution in [0.25, 0.3) is 16.7 Å². The van der Waals surface area contributed by atoms with Gasteiger partial charge in [-0.3, -0.25) is 10.1 Å². The molecule has 2 N–H and O–H groups in total. The Bertz CT molecular complexity index is 1580. The zero-order valence-electron chi connectivity index (χ0n) is 21.1. The van der Waals surface area contributed by atoms with Crippen molar-refractivity contribution >= 4 is 40.0 Å². The summed E-state index contributed by atoms with van der Waals surface area (Å²) in [6.45, 7) is 4.54. The molecular weight excluding hydrogens is 494 g/mol. The van der Waals surface area contributed by atoms with Gasteiger partial charge in [0.25, 0.3) is 5.91 Å². The molecule has 0 bridgehead atoms. The number of thiocarbonyl (C=S) groups is 1. The van der Waals surface area contributed by atoms with Crippen LogP contribution in [0, 0.1) is 6.92 Å². The maximum atomic E-state index is 12.7. The molecule has 0 saturated carbocycles. The molecule has 0 radical (unpaired) electrons. The van der Waals surface area contributed by atoms with Crippen molar-refractivity contribution in [1.29, 1.82) is 0 Å². The molecule has 0 saturated heterocycles. The highest BCUT2D eigenvalue weighted by molar-refractivity contribution is 7.80. The highest BCUT2D eigenvalue weighted by Crippen LogP contribution is 2.22. The Labute approximate surface area is 226 Å². The van der Waals surface area contributed by atoms with E-state index >= 15 is 0 Å². The monoisotopic (exact) mass is 521 g/mol. The van der Waals surface area contributed by atoms with Gasteiger partial charge >= 0.3 is 0 Å². The van der Waals surface area contributed by atoms with Gasteiger partial charge in [0.15, 0.2) is 5.11 Å². The number of aryl methyl sites for hydroxylation is 2. The standard InChI is InChI=1S/C30H27N5O2S/c1-3-21-9-13-24(14-10-21)35-33-27-17-20(2)26(18-28(27)34-35)31-30(38)32-29(36)23-11-15-25(16-12-23)37-19-22-7-5-4-6-8-22/h4-18H,3,19H2,1-2H3,(H2,31,32,36,38). The van der Waals surface area contributed by atoms with Crippen molar-refractivity contribution in [2.24, 2.45) is 0 Å². The molecule has 0 aliphatic rings. The molecule has 8 heteroatoms. The number of rotatable bonds is 7. The first kappa shape index (κ1) is 25.1. The van der Waals surface area contributed by atoms with E-state index in [0.29, 0.717) is 17.9 Å². The number of ether oxygens (including phenoxy) is 1. The van der Waals surface area contributed by atoms with Crippen molar-refractivity contribution in [2.75, 3.05) is 5.32 Å². The molecule has 0 atom stereocenters. The molecule has 5 aromatic rings. The zero-order chi connectivity index (χ0) is 26.5. The second kappa shape index (κ2) is 11.2. The van der Waals surface area contributed by atoms with Gasteiger partial charge in [-0.1, -0.05) is 49.4 Å². The molecule has 0 unspecified atom stereocenters. The maximum Gasteiger partial charge on any atom is 0.257 e. The topological polar surface area (TPSA) is 81.1 Å².